The smallest absolute Gasteiger partial charge is 0.118 e. The number of aliphatic hydroxyl groups is 1. The Kier molecular flexibility index (Phi) is 7.33. The van der Waals surface area contributed by atoms with Crippen molar-refractivity contribution in [1.82, 2.24) is 0 Å². The van der Waals surface area contributed by atoms with Crippen molar-refractivity contribution >= 4 is 0 Å². The van der Waals surface area contributed by atoms with Crippen molar-refractivity contribution in [1.29, 1.82) is 0 Å². The summed E-state index contributed by atoms with van der Waals surface area (Å²) in [5.74, 6) is 0.897. The third kappa shape index (κ3) is 4.78. The second-order valence-corrected chi connectivity index (χ2v) is 9.08. The van der Waals surface area contributed by atoms with Crippen LogP contribution in [0.1, 0.15) is 76.1 Å². The molecule has 28 heavy (non-hydrogen) atoms. The zero-order chi connectivity index (χ0) is 20.9. The maximum atomic E-state index is 10.4. The minimum atomic E-state index is -0.281. The molecule has 2 heteroatoms. The van der Waals surface area contributed by atoms with Gasteiger partial charge in [-0.15, -0.1) is 0 Å². The van der Waals surface area contributed by atoms with E-state index in [1.807, 2.05) is 0 Å². The molecule has 1 unspecified atom stereocenters. The number of aryl methyl sites for hydroxylation is 2. The minimum Gasteiger partial charge on any atom is -0.497 e. The number of rotatable bonds is 8. The first-order valence-electron chi connectivity index (χ1n) is 10.6. The van der Waals surface area contributed by atoms with Crippen molar-refractivity contribution in [3.8, 4) is 5.75 Å². The molecule has 154 valence electrons. The predicted molar refractivity (Wildman–Crippen MR) is 119 cm³/mol. The summed E-state index contributed by atoms with van der Waals surface area (Å²) in [5.41, 5.74) is 5.32. The van der Waals surface area contributed by atoms with Crippen LogP contribution in [-0.2, 0) is 11.8 Å². The average molecular weight is 383 g/mol. The Bertz CT molecular complexity index is 749. The fourth-order valence-electron chi connectivity index (χ4n) is 4.14. The molecular weight excluding hydrogens is 344 g/mol. The first-order valence-corrected chi connectivity index (χ1v) is 10.6. The molecule has 0 aliphatic heterocycles. The van der Waals surface area contributed by atoms with Crippen molar-refractivity contribution < 1.29 is 9.84 Å². The molecule has 0 bridgehead atoms. The zero-order valence-electron chi connectivity index (χ0n) is 18.8. The Hall–Kier alpha value is -1.80. The van der Waals surface area contributed by atoms with Crippen LogP contribution in [0.2, 0.25) is 0 Å². The van der Waals surface area contributed by atoms with E-state index in [4.69, 9.17) is 4.74 Å². The second kappa shape index (κ2) is 9.13. The molecule has 2 aromatic carbocycles. The van der Waals surface area contributed by atoms with Crippen LogP contribution < -0.4 is 4.74 Å². The van der Waals surface area contributed by atoms with Gasteiger partial charge in [0.1, 0.15) is 5.75 Å². The number of benzene rings is 2. The van der Waals surface area contributed by atoms with Gasteiger partial charge in [0.2, 0.25) is 0 Å². The fourth-order valence-corrected chi connectivity index (χ4v) is 4.14. The Morgan fingerprint density at radius 1 is 0.929 bits per heavy atom. The molecule has 0 spiro atoms. The summed E-state index contributed by atoms with van der Waals surface area (Å²) in [6.07, 6.45) is 3.54. The van der Waals surface area contributed by atoms with Crippen LogP contribution in [0.5, 0.6) is 5.75 Å². The van der Waals surface area contributed by atoms with Gasteiger partial charge >= 0.3 is 0 Å². The molecule has 1 N–H and O–H groups in total. The Balaban J connectivity index is 2.32. The summed E-state index contributed by atoms with van der Waals surface area (Å²) in [5, 5.41) is 10.4. The van der Waals surface area contributed by atoms with Gasteiger partial charge in [-0.3, -0.25) is 0 Å². The van der Waals surface area contributed by atoms with E-state index in [1.165, 1.54) is 22.3 Å². The van der Waals surface area contributed by atoms with E-state index in [2.05, 4.69) is 84.0 Å². The Morgan fingerprint density at radius 2 is 1.50 bits per heavy atom. The van der Waals surface area contributed by atoms with Crippen LogP contribution in [0.25, 0.3) is 0 Å². The molecule has 1 atom stereocenters. The lowest BCUT2D eigenvalue weighted by molar-refractivity contribution is 0.0560. The Morgan fingerprint density at radius 3 is 1.96 bits per heavy atom. The van der Waals surface area contributed by atoms with Gasteiger partial charge in [-0.05, 0) is 72.4 Å². The molecule has 0 fully saturated rings. The number of aliphatic hydroxyl groups excluding tert-OH is 1. The van der Waals surface area contributed by atoms with Gasteiger partial charge in [-0.1, -0.05) is 65.0 Å². The molecule has 0 aromatic heterocycles. The fraction of sp³-hybridized carbons (Fsp3) is 0.538. The van der Waals surface area contributed by atoms with E-state index in [9.17, 15) is 5.11 Å². The highest BCUT2D eigenvalue weighted by molar-refractivity contribution is 5.44. The van der Waals surface area contributed by atoms with Gasteiger partial charge in [0.15, 0.2) is 0 Å². The monoisotopic (exact) mass is 382 g/mol. The second-order valence-electron chi connectivity index (χ2n) is 9.08. The van der Waals surface area contributed by atoms with Crippen molar-refractivity contribution in [2.75, 3.05) is 7.11 Å². The molecule has 2 nitrogen and oxygen atoms in total. The SMILES string of the molecule is CCC(CC)(c1ccc(OC)cc1)c1ccc(CCC(O)C(C)(C)C)c(C)c1. The molecule has 0 aliphatic carbocycles. The molecule has 0 radical (unpaired) electrons. The van der Waals surface area contributed by atoms with Crippen LogP contribution >= 0.6 is 0 Å². The van der Waals surface area contributed by atoms with Gasteiger partial charge in [-0.25, -0.2) is 0 Å². The highest BCUT2D eigenvalue weighted by Crippen LogP contribution is 2.40. The molecule has 0 saturated heterocycles. The highest BCUT2D eigenvalue weighted by Gasteiger charge is 2.31. The lowest BCUT2D eigenvalue weighted by atomic mass is 9.70. The van der Waals surface area contributed by atoms with Crippen molar-refractivity contribution in [3.63, 3.8) is 0 Å². The van der Waals surface area contributed by atoms with E-state index >= 15 is 0 Å². The average Bonchev–Trinajstić information content (AvgIpc) is 2.68. The Labute approximate surface area is 172 Å². The minimum absolute atomic E-state index is 0.0144. The predicted octanol–water partition coefficient (Wildman–Crippen LogP) is 6.45. The van der Waals surface area contributed by atoms with Crippen molar-refractivity contribution in [2.45, 2.75) is 78.7 Å². The molecule has 0 heterocycles. The molecular formula is C26H38O2. The van der Waals surface area contributed by atoms with Gasteiger partial charge < -0.3 is 9.84 Å². The molecule has 2 aromatic rings. The van der Waals surface area contributed by atoms with Crippen LogP contribution in [-0.4, -0.2) is 18.3 Å². The number of hydrogen-bond acceptors (Lipinski definition) is 2. The van der Waals surface area contributed by atoms with E-state index in [1.54, 1.807) is 7.11 Å². The van der Waals surface area contributed by atoms with Crippen LogP contribution in [0, 0.1) is 12.3 Å². The summed E-state index contributed by atoms with van der Waals surface area (Å²) >= 11 is 0. The maximum absolute atomic E-state index is 10.4. The normalized spacial score (nSPS) is 13.4. The quantitative estimate of drug-likeness (QED) is 0.568. The van der Waals surface area contributed by atoms with Crippen LogP contribution in [0.3, 0.4) is 0 Å². The maximum Gasteiger partial charge on any atom is 0.118 e. The standard InChI is InChI=1S/C26H38O2/c1-8-26(9-2,21-13-15-23(28-7)16-14-21)22-12-10-20(19(3)18-22)11-17-24(27)25(4,5)6/h10,12-16,18,24,27H,8-9,11,17H2,1-7H3. The largest absolute Gasteiger partial charge is 0.497 e. The van der Waals surface area contributed by atoms with Crippen LogP contribution in [0.15, 0.2) is 42.5 Å². The van der Waals surface area contributed by atoms with E-state index in [0.717, 1.165) is 31.4 Å². The summed E-state index contributed by atoms with van der Waals surface area (Å²) in [6, 6.07) is 15.4. The van der Waals surface area contributed by atoms with Gasteiger partial charge in [0, 0.05) is 5.41 Å². The van der Waals surface area contributed by atoms with Crippen molar-refractivity contribution in [2.24, 2.45) is 5.41 Å². The third-order valence-electron chi connectivity index (χ3n) is 6.43. The van der Waals surface area contributed by atoms with Gasteiger partial charge in [-0.2, -0.15) is 0 Å². The molecule has 0 amide bonds. The first kappa shape index (κ1) is 22.5. The summed E-state index contributed by atoms with van der Waals surface area (Å²) < 4.78 is 5.34. The van der Waals surface area contributed by atoms with Gasteiger partial charge in [0.05, 0.1) is 13.2 Å². The number of hydrogen-bond donors (Lipinski definition) is 1. The summed E-state index contributed by atoms with van der Waals surface area (Å²) in [7, 11) is 1.71. The van der Waals surface area contributed by atoms with E-state index in [-0.39, 0.29) is 16.9 Å². The third-order valence-corrected chi connectivity index (χ3v) is 6.43. The molecule has 0 saturated carbocycles. The van der Waals surface area contributed by atoms with Crippen LogP contribution in [0.4, 0.5) is 0 Å². The van der Waals surface area contributed by atoms with E-state index in [0.29, 0.717) is 0 Å². The molecule has 2 rings (SSSR count). The van der Waals surface area contributed by atoms with E-state index < -0.39 is 0 Å². The number of ether oxygens (including phenoxy) is 1. The summed E-state index contributed by atoms with van der Waals surface area (Å²) in [4.78, 5) is 0. The number of methoxy groups -OCH3 is 1. The highest BCUT2D eigenvalue weighted by atomic mass is 16.5. The topological polar surface area (TPSA) is 29.5 Å². The lowest BCUT2D eigenvalue weighted by Crippen LogP contribution is -2.27. The lowest BCUT2D eigenvalue weighted by Gasteiger charge is -2.34. The molecule has 0 aliphatic rings. The summed E-state index contributed by atoms with van der Waals surface area (Å²) in [6.45, 7) is 13.0. The zero-order valence-corrected chi connectivity index (χ0v) is 18.8. The first-order chi connectivity index (χ1) is 13.2. The van der Waals surface area contributed by atoms with Crippen molar-refractivity contribution in [3.05, 3.63) is 64.7 Å². The van der Waals surface area contributed by atoms with Gasteiger partial charge in [0.25, 0.3) is 0 Å².